The van der Waals surface area contributed by atoms with Gasteiger partial charge >= 0.3 is 0 Å². The molecule has 0 saturated carbocycles. The number of anilines is 1. The van der Waals surface area contributed by atoms with Crippen LogP contribution in [0.3, 0.4) is 0 Å². The van der Waals surface area contributed by atoms with Gasteiger partial charge in [-0.3, -0.25) is 4.79 Å². The van der Waals surface area contributed by atoms with Gasteiger partial charge in [-0.2, -0.15) is 4.31 Å². The Morgan fingerprint density at radius 2 is 1.91 bits per heavy atom. The second kappa shape index (κ2) is 9.84. The lowest BCUT2D eigenvalue weighted by Crippen LogP contribution is -2.41. The van der Waals surface area contributed by atoms with Crippen molar-refractivity contribution < 1.29 is 13.2 Å². The minimum atomic E-state index is -3.67. The number of aromatic nitrogens is 3. The number of fused-ring (bicyclic) bond motifs is 1. The predicted octanol–water partition coefficient (Wildman–Crippen LogP) is 4.31. The number of carbonyl (C=O) groups is 1. The molecule has 0 spiro atoms. The SMILES string of the molecule is CCc1cccc(C)c1NC(=O)C1CCN(S(=O)(=O)c2ccc3c(c2)nnn3C(C)CC)CC1. The molecule has 0 bridgehead atoms. The van der Waals surface area contributed by atoms with Crippen molar-refractivity contribution in [3.8, 4) is 0 Å². The summed E-state index contributed by atoms with van der Waals surface area (Å²) in [7, 11) is -3.67. The largest absolute Gasteiger partial charge is 0.325 e. The maximum atomic E-state index is 13.3. The highest BCUT2D eigenvalue weighted by molar-refractivity contribution is 7.89. The zero-order valence-corrected chi connectivity index (χ0v) is 21.1. The van der Waals surface area contributed by atoms with Crippen LogP contribution in [0.25, 0.3) is 11.0 Å². The van der Waals surface area contributed by atoms with Gasteiger partial charge in [-0.25, -0.2) is 13.1 Å². The zero-order valence-electron chi connectivity index (χ0n) is 20.3. The third kappa shape index (κ3) is 4.59. The number of hydrogen-bond acceptors (Lipinski definition) is 5. The molecule has 3 aromatic rings. The molecule has 1 aliphatic heterocycles. The smallest absolute Gasteiger partial charge is 0.243 e. The van der Waals surface area contributed by atoms with Gasteiger partial charge in [-0.1, -0.05) is 37.3 Å². The summed E-state index contributed by atoms with van der Waals surface area (Å²) in [4.78, 5) is 13.2. The van der Waals surface area contributed by atoms with Crippen LogP contribution >= 0.6 is 0 Å². The van der Waals surface area contributed by atoms with Crippen LogP contribution in [-0.4, -0.2) is 46.7 Å². The van der Waals surface area contributed by atoms with Crippen molar-refractivity contribution in [3.63, 3.8) is 0 Å². The molecular formula is C25H33N5O3S. The van der Waals surface area contributed by atoms with Crippen molar-refractivity contribution in [1.82, 2.24) is 19.3 Å². The maximum Gasteiger partial charge on any atom is 0.243 e. The van der Waals surface area contributed by atoms with Gasteiger partial charge in [0.2, 0.25) is 15.9 Å². The summed E-state index contributed by atoms with van der Waals surface area (Å²) in [5.41, 5.74) is 4.41. The Balaban J connectivity index is 1.45. The van der Waals surface area contributed by atoms with Crippen molar-refractivity contribution >= 4 is 32.7 Å². The highest BCUT2D eigenvalue weighted by atomic mass is 32.2. The second-order valence-electron chi connectivity index (χ2n) is 9.07. The molecule has 1 unspecified atom stereocenters. The number of carbonyl (C=O) groups excluding carboxylic acids is 1. The fraction of sp³-hybridized carbons (Fsp3) is 0.480. The number of rotatable bonds is 7. The number of benzene rings is 2. The van der Waals surface area contributed by atoms with E-state index in [0.717, 1.165) is 35.2 Å². The second-order valence-corrected chi connectivity index (χ2v) is 11.0. The Morgan fingerprint density at radius 3 is 2.59 bits per heavy atom. The number of sulfonamides is 1. The summed E-state index contributed by atoms with van der Waals surface area (Å²) in [6.07, 6.45) is 2.73. The van der Waals surface area contributed by atoms with E-state index in [1.54, 1.807) is 18.2 Å². The normalized spacial score (nSPS) is 16.6. The molecule has 1 amide bonds. The molecule has 1 N–H and O–H groups in total. The van der Waals surface area contributed by atoms with Gasteiger partial charge in [0.1, 0.15) is 5.52 Å². The van der Waals surface area contributed by atoms with E-state index >= 15 is 0 Å². The number of nitrogens with zero attached hydrogens (tertiary/aromatic N) is 4. The molecule has 1 fully saturated rings. The molecule has 1 aliphatic rings. The lowest BCUT2D eigenvalue weighted by atomic mass is 9.96. The van der Waals surface area contributed by atoms with Crippen LogP contribution in [-0.2, 0) is 21.2 Å². The summed E-state index contributed by atoms with van der Waals surface area (Å²) in [6.45, 7) is 8.81. The summed E-state index contributed by atoms with van der Waals surface area (Å²) in [6, 6.07) is 11.2. The van der Waals surface area contributed by atoms with Crippen molar-refractivity contribution in [2.75, 3.05) is 18.4 Å². The number of amides is 1. The quantitative estimate of drug-likeness (QED) is 0.540. The molecule has 2 aromatic carbocycles. The summed E-state index contributed by atoms with van der Waals surface area (Å²) in [5, 5.41) is 11.5. The minimum Gasteiger partial charge on any atom is -0.325 e. The van der Waals surface area contributed by atoms with Crippen LogP contribution in [0, 0.1) is 12.8 Å². The molecule has 182 valence electrons. The number of piperidine rings is 1. The molecule has 8 nitrogen and oxygen atoms in total. The van der Waals surface area contributed by atoms with E-state index in [1.807, 2.05) is 29.8 Å². The van der Waals surface area contributed by atoms with Gasteiger partial charge in [0.05, 0.1) is 16.5 Å². The first-order valence-corrected chi connectivity index (χ1v) is 13.4. The lowest BCUT2D eigenvalue weighted by molar-refractivity contribution is -0.120. The summed E-state index contributed by atoms with van der Waals surface area (Å²) < 4.78 is 29.9. The van der Waals surface area contributed by atoms with Crippen LogP contribution in [0.4, 0.5) is 5.69 Å². The van der Waals surface area contributed by atoms with Crippen molar-refractivity contribution in [3.05, 3.63) is 47.5 Å². The van der Waals surface area contributed by atoms with E-state index in [-0.39, 0.29) is 22.8 Å². The Kier molecular flexibility index (Phi) is 7.04. The molecule has 9 heteroatoms. The number of para-hydroxylation sites is 1. The van der Waals surface area contributed by atoms with Gasteiger partial charge in [0.25, 0.3) is 0 Å². The Hall–Kier alpha value is -2.78. The number of aryl methyl sites for hydroxylation is 2. The van der Waals surface area contributed by atoms with Crippen molar-refractivity contribution in [2.45, 2.75) is 64.3 Å². The minimum absolute atomic E-state index is 0.0378. The average molecular weight is 484 g/mol. The first-order chi connectivity index (χ1) is 16.3. The Labute approximate surface area is 201 Å². The highest BCUT2D eigenvalue weighted by Gasteiger charge is 2.32. The molecule has 0 radical (unpaired) electrons. The van der Waals surface area contributed by atoms with Crippen LogP contribution < -0.4 is 5.32 Å². The third-order valence-corrected chi connectivity index (χ3v) is 8.80. The average Bonchev–Trinajstić information content (AvgIpc) is 3.28. The first-order valence-electron chi connectivity index (χ1n) is 12.0. The van der Waals surface area contributed by atoms with E-state index in [0.29, 0.717) is 31.4 Å². The summed E-state index contributed by atoms with van der Waals surface area (Å²) in [5.74, 6) is -0.252. The molecular weight excluding hydrogens is 450 g/mol. The van der Waals surface area contributed by atoms with Gasteiger partial charge in [-0.05, 0) is 68.9 Å². The number of hydrogen-bond donors (Lipinski definition) is 1. The van der Waals surface area contributed by atoms with Gasteiger partial charge in [-0.15, -0.1) is 5.10 Å². The third-order valence-electron chi connectivity index (χ3n) is 6.90. The standard InChI is InChI=1S/C25H33N5O3S/c1-5-18(4)30-23-11-10-21(16-22(23)27-28-30)34(32,33)29-14-12-20(13-15-29)25(31)26-24-17(3)8-7-9-19(24)6-2/h7-11,16,18,20H,5-6,12-15H2,1-4H3,(H,26,31). The Morgan fingerprint density at radius 1 is 1.18 bits per heavy atom. The van der Waals surface area contributed by atoms with Crippen molar-refractivity contribution in [2.24, 2.45) is 5.92 Å². The molecule has 2 heterocycles. The van der Waals surface area contributed by atoms with E-state index in [4.69, 9.17) is 0 Å². The maximum absolute atomic E-state index is 13.3. The highest BCUT2D eigenvalue weighted by Crippen LogP contribution is 2.28. The van der Waals surface area contributed by atoms with E-state index in [1.165, 1.54) is 4.31 Å². The fourth-order valence-corrected chi connectivity index (χ4v) is 6.01. The Bertz CT molecular complexity index is 1290. The zero-order chi connectivity index (χ0) is 24.5. The first kappa shape index (κ1) is 24.3. The molecule has 34 heavy (non-hydrogen) atoms. The van der Waals surface area contributed by atoms with E-state index in [2.05, 4.69) is 36.4 Å². The van der Waals surface area contributed by atoms with Crippen LogP contribution in [0.15, 0.2) is 41.3 Å². The van der Waals surface area contributed by atoms with Gasteiger partial charge < -0.3 is 5.32 Å². The molecule has 1 aromatic heterocycles. The molecule has 1 saturated heterocycles. The van der Waals surface area contributed by atoms with E-state index in [9.17, 15) is 13.2 Å². The van der Waals surface area contributed by atoms with Gasteiger partial charge in [0.15, 0.2) is 0 Å². The molecule has 4 rings (SSSR count). The predicted molar refractivity (Wildman–Crippen MR) is 133 cm³/mol. The molecule has 1 atom stereocenters. The number of nitrogens with one attached hydrogen (secondary N) is 1. The fourth-order valence-electron chi connectivity index (χ4n) is 4.52. The van der Waals surface area contributed by atoms with E-state index < -0.39 is 10.0 Å². The topological polar surface area (TPSA) is 97.2 Å². The van der Waals surface area contributed by atoms with Gasteiger partial charge in [0, 0.05) is 24.7 Å². The monoisotopic (exact) mass is 483 g/mol. The van der Waals surface area contributed by atoms with Crippen molar-refractivity contribution in [1.29, 1.82) is 0 Å². The lowest BCUT2D eigenvalue weighted by Gasteiger charge is -2.30. The van der Waals surface area contributed by atoms with Crippen LogP contribution in [0.2, 0.25) is 0 Å². The summed E-state index contributed by atoms with van der Waals surface area (Å²) >= 11 is 0. The molecule has 0 aliphatic carbocycles. The van der Waals surface area contributed by atoms with Crippen LogP contribution in [0.5, 0.6) is 0 Å². The van der Waals surface area contributed by atoms with Crippen LogP contribution in [0.1, 0.15) is 57.2 Å².